The number of carbonyl (C=O) groups is 2. The van der Waals surface area contributed by atoms with Crippen molar-refractivity contribution in [3.8, 4) is 0 Å². The van der Waals surface area contributed by atoms with E-state index >= 15 is 0 Å². The molecule has 0 spiro atoms. The van der Waals surface area contributed by atoms with Crippen molar-refractivity contribution in [2.45, 2.75) is 31.9 Å². The molecule has 0 saturated carbocycles. The summed E-state index contributed by atoms with van der Waals surface area (Å²) >= 11 is 0. The first-order valence-corrected chi connectivity index (χ1v) is 8.91. The lowest BCUT2D eigenvalue weighted by Crippen LogP contribution is -2.37. The second kappa shape index (κ2) is 8.15. The quantitative estimate of drug-likeness (QED) is 0.894. The van der Waals surface area contributed by atoms with Gasteiger partial charge in [-0.15, -0.1) is 0 Å². The van der Waals surface area contributed by atoms with Crippen molar-refractivity contribution in [2.75, 3.05) is 19.0 Å². The van der Waals surface area contributed by atoms with Crippen molar-refractivity contribution in [1.29, 1.82) is 0 Å². The summed E-state index contributed by atoms with van der Waals surface area (Å²) in [5.41, 5.74) is 2.28. The summed E-state index contributed by atoms with van der Waals surface area (Å²) in [6.45, 7) is 2.63. The zero-order valence-electron chi connectivity index (χ0n) is 15.1. The summed E-state index contributed by atoms with van der Waals surface area (Å²) in [6.07, 6.45) is 1.38. The van der Waals surface area contributed by atoms with Crippen molar-refractivity contribution in [2.24, 2.45) is 0 Å². The second-order valence-electron chi connectivity index (χ2n) is 6.57. The molecule has 1 fully saturated rings. The molecule has 136 valence electrons. The van der Waals surface area contributed by atoms with Crippen LogP contribution in [0.3, 0.4) is 0 Å². The first-order valence-electron chi connectivity index (χ1n) is 8.91. The van der Waals surface area contributed by atoms with E-state index in [1.165, 1.54) is 0 Å². The Morgan fingerprint density at radius 1 is 1.15 bits per heavy atom. The van der Waals surface area contributed by atoms with Crippen LogP contribution in [0.1, 0.15) is 41.7 Å². The average molecular weight is 352 g/mol. The molecule has 2 amide bonds. The van der Waals surface area contributed by atoms with E-state index in [9.17, 15) is 9.59 Å². The fourth-order valence-electron chi connectivity index (χ4n) is 3.08. The van der Waals surface area contributed by atoms with E-state index in [1.54, 1.807) is 24.1 Å². The van der Waals surface area contributed by atoms with Gasteiger partial charge in [0.05, 0.1) is 6.04 Å². The molecule has 2 aromatic rings. The van der Waals surface area contributed by atoms with Crippen LogP contribution >= 0.6 is 0 Å². The molecule has 5 nitrogen and oxygen atoms in total. The molecule has 0 bridgehead atoms. The molecule has 5 heteroatoms. The van der Waals surface area contributed by atoms with E-state index in [2.05, 4.69) is 5.32 Å². The van der Waals surface area contributed by atoms with Gasteiger partial charge in [0, 0.05) is 24.9 Å². The molecule has 1 N–H and O–H groups in total. The van der Waals surface area contributed by atoms with Crippen LogP contribution in [-0.2, 0) is 9.53 Å². The molecule has 2 atom stereocenters. The van der Waals surface area contributed by atoms with Crippen LogP contribution in [0.25, 0.3) is 0 Å². The number of hydrogen-bond acceptors (Lipinski definition) is 3. The number of nitrogens with one attached hydrogen (secondary N) is 1. The first-order chi connectivity index (χ1) is 12.6. The summed E-state index contributed by atoms with van der Waals surface area (Å²) < 4.78 is 5.50. The van der Waals surface area contributed by atoms with Gasteiger partial charge in [0.25, 0.3) is 11.8 Å². The average Bonchev–Trinajstić information content (AvgIpc) is 3.22. The van der Waals surface area contributed by atoms with Gasteiger partial charge in [0.1, 0.15) is 6.10 Å². The summed E-state index contributed by atoms with van der Waals surface area (Å²) in [5, 5.41) is 2.91. The third kappa shape index (κ3) is 4.11. The lowest BCUT2D eigenvalue weighted by molar-refractivity contribution is -0.141. The Morgan fingerprint density at radius 3 is 2.62 bits per heavy atom. The highest BCUT2D eigenvalue weighted by molar-refractivity contribution is 6.04. The van der Waals surface area contributed by atoms with Crippen LogP contribution in [0.5, 0.6) is 0 Å². The van der Waals surface area contributed by atoms with Gasteiger partial charge in [-0.3, -0.25) is 9.59 Å². The van der Waals surface area contributed by atoms with Gasteiger partial charge in [-0.1, -0.05) is 30.3 Å². The van der Waals surface area contributed by atoms with Crippen LogP contribution in [0.4, 0.5) is 5.69 Å². The Bertz CT molecular complexity index is 770. The number of amides is 2. The van der Waals surface area contributed by atoms with Gasteiger partial charge in [-0.25, -0.2) is 0 Å². The van der Waals surface area contributed by atoms with Crippen molar-refractivity contribution in [3.05, 3.63) is 65.7 Å². The monoisotopic (exact) mass is 352 g/mol. The van der Waals surface area contributed by atoms with Crippen molar-refractivity contribution < 1.29 is 14.3 Å². The number of benzene rings is 2. The largest absolute Gasteiger partial charge is 0.368 e. The lowest BCUT2D eigenvalue weighted by Gasteiger charge is -2.28. The second-order valence-corrected chi connectivity index (χ2v) is 6.57. The highest BCUT2D eigenvalue weighted by Crippen LogP contribution is 2.25. The van der Waals surface area contributed by atoms with Gasteiger partial charge in [-0.2, -0.15) is 0 Å². The van der Waals surface area contributed by atoms with Crippen LogP contribution in [0.2, 0.25) is 0 Å². The molecular formula is C21H24N2O3. The van der Waals surface area contributed by atoms with Gasteiger partial charge < -0.3 is 15.0 Å². The molecule has 3 rings (SSSR count). The predicted molar refractivity (Wildman–Crippen MR) is 101 cm³/mol. The summed E-state index contributed by atoms with van der Waals surface area (Å²) in [7, 11) is 1.80. The summed E-state index contributed by atoms with van der Waals surface area (Å²) in [4.78, 5) is 26.6. The maximum absolute atomic E-state index is 12.5. The normalized spacial score (nSPS) is 17.5. The number of hydrogen-bond donors (Lipinski definition) is 1. The third-order valence-corrected chi connectivity index (χ3v) is 4.80. The highest BCUT2D eigenvalue weighted by Gasteiger charge is 2.29. The summed E-state index contributed by atoms with van der Waals surface area (Å²) in [5.74, 6) is -0.145. The van der Waals surface area contributed by atoms with E-state index in [1.807, 2.05) is 49.4 Å². The number of ether oxygens (including phenoxy) is 1. The number of likely N-dealkylation sites (N-methyl/N-ethyl adjacent to an activating group) is 1. The fraction of sp³-hybridized carbons (Fsp3) is 0.333. The van der Waals surface area contributed by atoms with Gasteiger partial charge in [0.15, 0.2) is 0 Å². The van der Waals surface area contributed by atoms with Crippen LogP contribution in [-0.4, -0.2) is 36.5 Å². The number of nitrogens with zero attached hydrogens (tertiary/aromatic N) is 1. The van der Waals surface area contributed by atoms with E-state index in [4.69, 9.17) is 4.74 Å². The molecule has 1 heterocycles. The molecule has 1 aliphatic heterocycles. The minimum absolute atomic E-state index is 0.00808. The minimum Gasteiger partial charge on any atom is -0.368 e. The standard InChI is InChI=1S/C21H24N2O3/c1-15(23(2)21(25)19-12-7-13-26-19)17-10-6-11-18(14-17)22-20(24)16-8-4-3-5-9-16/h3-6,8-11,14-15,19H,7,12-13H2,1-2H3,(H,22,24)/t15-,19-/m1/s1. The Kier molecular flexibility index (Phi) is 5.68. The van der Waals surface area contributed by atoms with Crippen LogP contribution in [0.15, 0.2) is 54.6 Å². The molecule has 1 aliphatic rings. The number of carbonyl (C=O) groups excluding carboxylic acids is 2. The zero-order chi connectivity index (χ0) is 18.5. The topological polar surface area (TPSA) is 58.6 Å². The van der Waals surface area contributed by atoms with E-state index in [0.717, 1.165) is 18.4 Å². The molecule has 0 aromatic heterocycles. The van der Waals surface area contributed by atoms with Crippen molar-refractivity contribution in [3.63, 3.8) is 0 Å². The van der Waals surface area contributed by atoms with Crippen LogP contribution < -0.4 is 5.32 Å². The molecule has 0 aliphatic carbocycles. The SMILES string of the molecule is C[C@H](c1cccc(NC(=O)c2ccccc2)c1)N(C)C(=O)[C@H]1CCCO1. The van der Waals surface area contributed by atoms with E-state index in [0.29, 0.717) is 17.9 Å². The third-order valence-electron chi connectivity index (χ3n) is 4.80. The zero-order valence-corrected chi connectivity index (χ0v) is 15.1. The molecule has 26 heavy (non-hydrogen) atoms. The molecule has 2 aromatic carbocycles. The highest BCUT2D eigenvalue weighted by atomic mass is 16.5. The van der Waals surface area contributed by atoms with Crippen LogP contribution in [0, 0.1) is 0 Å². The van der Waals surface area contributed by atoms with Crippen molar-refractivity contribution >= 4 is 17.5 Å². The van der Waals surface area contributed by atoms with Gasteiger partial charge in [-0.05, 0) is 49.6 Å². The molecule has 1 saturated heterocycles. The van der Waals surface area contributed by atoms with Gasteiger partial charge in [0.2, 0.25) is 0 Å². The minimum atomic E-state index is -0.330. The maximum Gasteiger partial charge on any atom is 0.255 e. The predicted octanol–water partition coefficient (Wildman–Crippen LogP) is 3.64. The fourth-order valence-corrected chi connectivity index (χ4v) is 3.08. The van der Waals surface area contributed by atoms with E-state index in [-0.39, 0.29) is 24.0 Å². The first kappa shape index (κ1) is 18.1. The smallest absolute Gasteiger partial charge is 0.255 e. The Balaban J connectivity index is 1.70. The Labute approximate surface area is 154 Å². The summed E-state index contributed by atoms with van der Waals surface area (Å²) in [6, 6.07) is 16.6. The van der Waals surface area contributed by atoms with Crippen molar-refractivity contribution in [1.82, 2.24) is 4.90 Å². The van der Waals surface area contributed by atoms with E-state index < -0.39 is 0 Å². The molecule has 0 radical (unpaired) electrons. The maximum atomic E-state index is 12.5. The Hall–Kier alpha value is -2.66. The molecular weight excluding hydrogens is 328 g/mol. The molecule has 0 unspecified atom stereocenters. The van der Waals surface area contributed by atoms with Gasteiger partial charge >= 0.3 is 0 Å². The number of rotatable bonds is 5. The Morgan fingerprint density at radius 2 is 1.92 bits per heavy atom. The number of anilines is 1. The lowest BCUT2D eigenvalue weighted by atomic mass is 10.1.